The highest BCUT2D eigenvalue weighted by Gasteiger charge is 2.25. The van der Waals surface area contributed by atoms with Gasteiger partial charge in [-0.15, -0.1) is 0 Å². The number of non-ortho nitro benzene ring substituents is 1. The smallest absolute Gasteiger partial charge is 0.269 e. The van der Waals surface area contributed by atoms with E-state index in [2.05, 4.69) is 24.2 Å². The van der Waals surface area contributed by atoms with E-state index in [1.54, 1.807) is 12.1 Å². The highest BCUT2D eigenvalue weighted by atomic mass is 16.6. The van der Waals surface area contributed by atoms with E-state index in [0.29, 0.717) is 12.1 Å². The van der Waals surface area contributed by atoms with Gasteiger partial charge in [-0.05, 0) is 26.0 Å². The maximum Gasteiger partial charge on any atom is 0.269 e. The lowest BCUT2D eigenvalue weighted by atomic mass is 9.97. The number of hydrogen-bond donors (Lipinski definition) is 1. The van der Waals surface area contributed by atoms with Gasteiger partial charge in [0.1, 0.15) is 0 Å². The van der Waals surface area contributed by atoms with Crippen molar-refractivity contribution in [2.24, 2.45) is 0 Å². The topological polar surface area (TPSA) is 58.4 Å². The molecule has 0 radical (unpaired) electrons. The minimum absolute atomic E-state index is 0.171. The molecule has 1 heterocycles. The van der Waals surface area contributed by atoms with Crippen LogP contribution in [0.5, 0.6) is 0 Å². The molecule has 2 unspecified atom stereocenters. The summed E-state index contributed by atoms with van der Waals surface area (Å²) < 4.78 is 0. The van der Waals surface area contributed by atoms with Crippen molar-refractivity contribution in [3.8, 4) is 0 Å². The number of nitro benzene ring substituents is 1. The van der Waals surface area contributed by atoms with Crippen LogP contribution in [0, 0.1) is 10.1 Å². The minimum atomic E-state index is -0.340. The molecule has 1 aliphatic heterocycles. The van der Waals surface area contributed by atoms with E-state index >= 15 is 0 Å². The second kappa shape index (κ2) is 5.46. The van der Waals surface area contributed by atoms with Gasteiger partial charge in [0.2, 0.25) is 0 Å². The van der Waals surface area contributed by atoms with Crippen molar-refractivity contribution in [3.05, 3.63) is 39.9 Å². The van der Waals surface area contributed by atoms with Crippen LogP contribution < -0.4 is 5.32 Å². The van der Waals surface area contributed by atoms with Gasteiger partial charge in [0.05, 0.1) is 4.92 Å². The fourth-order valence-corrected chi connectivity index (χ4v) is 2.40. The van der Waals surface area contributed by atoms with Crippen LogP contribution in [0.1, 0.15) is 12.5 Å². The zero-order valence-corrected chi connectivity index (χ0v) is 10.8. The zero-order chi connectivity index (χ0) is 13.1. The first-order chi connectivity index (χ1) is 8.58. The molecule has 5 nitrogen and oxygen atoms in total. The lowest BCUT2D eigenvalue weighted by molar-refractivity contribution is -0.384. The summed E-state index contributed by atoms with van der Waals surface area (Å²) in [6.07, 6.45) is 0.827. The maximum atomic E-state index is 10.7. The molecule has 1 N–H and O–H groups in total. The molecule has 1 fully saturated rings. The fraction of sp³-hybridized carbons (Fsp3) is 0.538. The average Bonchev–Trinajstić information content (AvgIpc) is 2.35. The highest BCUT2D eigenvalue weighted by Crippen LogP contribution is 2.17. The van der Waals surface area contributed by atoms with Gasteiger partial charge < -0.3 is 10.2 Å². The normalized spacial score (nSPS) is 25.0. The van der Waals surface area contributed by atoms with Crippen molar-refractivity contribution in [1.82, 2.24) is 10.2 Å². The Hall–Kier alpha value is -1.46. The summed E-state index contributed by atoms with van der Waals surface area (Å²) in [6, 6.07) is 7.71. The lowest BCUT2D eigenvalue weighted by Gasteiger charge is -2.38. The lowest BCUT2D eigenvalue weighted by Crippen LogP contribution is -2.55. The Morgan fingerprint density at radius 3 is 3.06 bits per heavy atom. The second-order valence-electron chi connectivity index (χ2n) is 4.91. The van der Waals surface area contributed by atoms with Crippen LogP contribution in [0.2, 0.25) is 0 Å². The van der Waals surface area contributed by atoms with Crippen molar-refractivity contribution in [2.45, 2.75) is 25.4 Å². The van der Waals surface area contributed by atoms with Gasteiger partial charge in [-0.3, -0.25) is 10.1 Å². The Bertz CT molecular complexity index is 436. The molecule has 1 aromatic rings. The molecule has 0 aliphatic carbocycles. The van der Waals surface area contributed by atoms with Gasteiger partial charge in [0.25, 0.3) is 5.69 Å². The summed E-state index contributed by atoms with van der Waals surface area (Å²) in [4.78, 5) is 12.7. The summed E-state index contributed by atoms with van der Waals surface area (Å²) >= 11 is 0. The van der Waals surface area contributed by atoms with Gasteiger partial charge >= 0.3 is 0 Å². The molecule has 18 heavy (non-hydrogen) atoms. The van der Waals surface area contributed by atoms with E-state index in [4.69, 9.17) is 0 Å². The molecule has 0 spiro atoms. The van der Waals surface area contributed by atoms with E-state index in [1.165, 1.54) is 6.07 Å². The molecule has 2 atom stereocenters. The van der Waals surface area contributed by atoms with Crippen molar-refractivity contribution < 1.29 is 4.92 Å². The number of nitro groups is 1. The number of likely N-dealkylation sites (N-methyl/N-ethyl adjacent to an activating group) is 1. The molecule has 0 amide bonds. The molecule has 0 saturated carbocycles. The van der Waals surface area contributed by atoms with Crippen molar-refractivity contribution in [1.29, 1.82) is 0 Å². The van der Waals surface area contributed by atoms with Crippen LogP contribution in [-0.2, 0) is 6.42 Å². The summed E-state index contributed by atoms with van der Waals surface area (Å²) in [5.74, 6) is 0. The predicted octanol–water partition coefficient (Wildman–Crippen LogP) is 1.43. The van der Waals surface area contributed by atoms with Gasteiger partial charge in [-0.1, -0.05) is 12.1 Å². The number of hydrogen-bond acceptors (Lipinski definition) is 4. The van der Waals surface area contributed by atoms with E-state index in [9.17, 15) is 10.1 Å². The molecular formula is C13H19N3O2. The molecule has 98 valence electrons. The average molecular weight is 249 g/mol. The van der Waals surface area contributed by atoms with E-state index in [-0.39, 0.29) is 10.6 Å². The van der Waals surface area contributed by atoms with Gasteiger partial charge in [-0.25, -0.2) is 0 Å². The molecular weight excluding hydrogens is 230 g/mol. The Balaban J connectivity index is 2.08. The third-order valence-corrected chi connectivity index (χ3v) is 3.73. The van der Waals surface area contributed by atoms with Gasteiger partial charge in [0.15, 0.2) is 0 Å². The highest BCUT2D eigenvalue weighted by molar-refractivity contribution is 5.34. The predicted molar refractivity (Wildman–Crippen MR) is 70.7 cm³/mol. The number of nitrogens with zero attached hydrogens (tertiary/aromatic N) is 2. The third-order valence-electron chi connectivity index (χ3n) is 3.73. The molecule has 2 rings (SSSR count). The second-order valence-corrected chi connectivity index (χ2v) is 4.91. The van der Waals surface area contributed by atoms with E-state index in [1.807, 2.05) is 6.07 Å². The SMILES string of the molecule is CC1C(Cc2cccc([N+](=O)[O-])c2)NCCN1C. The molecule has 1 saturated heterocycles. The third kappa shape index (κ3) is 2.86. The molecule has 0 bridgehead atoms. The van der Waals surface area contributed by atoms with E-state index in [0.717, 1.165) is 25.1 Å². The summed E-state index contributed by atoms with van der Waals surface area (Å²) in [7, 11) is 2.12. The van der Waals surface area contributed by atoms with Gasteiger partial charge in [-0.2, -0.15) is 0 Å². The summed E-state index contributed by atoms with van der Waals surface area (Å²) in [5, 5.41) is 14.2. The number of rotatable bonds is 3. The standard InChI is InChI=1S/C13H19N3O2/c1-10-13(14-6-7-15(10)2)9-11-4-3-5-12(8-11)16(17)18/h3-5,8,10,13-14H,6-7,9H2,1-2H3. The first-order valence-corrected chi connectivity index (χ1v) is 6.25. The number of piperazine rings is 1. The Morgan fingerprint density at radius 1 is 1.56 bits per heavy atom. The largest absolute Gasteiger partial charge is 0.311 e. The van der Waals surface area contributed by atoms with Crippen LogP contribution in [0.4, 0.5) is 5.69 Å². The zero-order valence-electron chi connectivity index (χ0n) is 10.8. The molecule has 5 heteroatoms. The Morgan fingerprint density at radius 2 is 2.33 bits per heavy atom. The van der Waals surface area contributed by atoms with Crippen LogP contribution in [0.25, 0.3) is 0 Å². The summed E-state index contributed by atoms with van der Waals surface area (Å²) in [6.45, 7) is 4.21. The first kappa shape index (κ1) is 13.0. The number of benzene rings is 1. The fourth-order valence-electron chi connectivity index (χ4n) is 2.40. The first-order valence-electron chi connectivity index (χ1n) is 6.25. The van der Waals surface area contributed by atoms with E-state index < -0.39 is 0 Å². The monoisotopic (exact) mass is 249 g/mol. The van der Waals surface area contributed by atoms with Gasteiger partial charge in [0, 0.05) is 37.3 Å². The Labute approximate surface area is 107 Å². The maximum absolute atomic E-state index is 10.7. The quantitative estimate of drug-likeness (QED) is 0.650. The number of nitrogens with one attached hydrogen (secondary N) is 1. The van der Waals surface area contributed by atoms with Crippen molar-refractivity contribution in [2.75, 3.05) is 20.1 Å². The van der Waals surface area contributed by atoms with Crippen molar-refractivity contribution >= 4 is 5.69 Å². The minimum Gasteiger partial charge on any atom is -0.311 e. The Kier molecular flexibility index (Phi) is 3.93. The van der Waals surface area contributed by atoms with Crippen LogP contribution in [0.15, 0.2) is 24.3 Å². The molecule has 1 aromatic carbocycles. The molecule has 1 aliphatic rings. The van der Waals surface area contributed by atoms with Crippen LogP contribution in [-0.4, -0.2) is 42.0 Å². The molecule has 0 aromatic heterocycles. The van der Waals surface area contributed by atoms with Crippen LogP contribution >= 0.6 is 0 Å². The summed E-state index contributed by atoms with van der Waals surface area (Å²) in [5.41, 5.74) is 1.19. The van der Waals surface area contributed by atoms with Crippen molar-refractivity contribution in [3.63, 3.8) is 0 Å². The van der Waals surface area contributed by atoms with Crippen LogP contribution in [0.3, 0.4) is 0 Å².